The smallest absolute Gasteiger partial charge is 0.315 e. The minimum atomic E-state index is -0.105. The average Bonchev–Trinajstić information content (AvgIpc) is 3.29. The van der Waals surface area contributed by atoms with Crippen molar-refractivity contribution in [1.82, 2.24) is 10.6 Å². The Bertz CT molecular complexity index is 633. The number of amides is 2. The molecule has 0 radical (unpaired) electrons. The number of ether oxygens (including phenoxy) is 1. The molecule has 130 valence electrons. The summed E-state index contributed by atoms with van der Waals surface area (Å²) in [6, 6.07) is 6.09. The number of carbonyl (C=O) groups excluding carboxylic acids is 1. The van der Waals surface area contributed by atoms with E-state index in [1.807, 2.05) is 12.1 Å². The standard InChI is InChI=1S/C19H26N2O3/c1-24-17-4-2-3-13-14(17)7-8-16(13)20-19(23)21-18-12-6-5-11(9-12)15(18)10-22/h2-4,11-12,15-16,18,22H,5-10H2,1H3,(H2,20,21,23). The number of benzene rings is 1. The molecular formula is C19H26N2O3. The van der Waals surface area contributed by atoms with Gasteiger partial charge in [0.2, 0.25) is 0 Å². The normalized spacial score (nSPS) is 33.3. The lowest BCUT2D eigenvalue weighted by atomic mass is 9.85. The zero-order valence-corrected chi connectivity index (χ0v) is 14.1. The molecule has 2 bridgehead atoms. The summed E-state index contributed by atoms with van der Waals surface area (Å²) in [5.41, 5.74) is 2.37. The van der Waals surface area contributed by atoms with Crippen molar-refractivity contribution in [3.05, 3.63) is 29.3 Å². The highest BCUT2D eigenvalue weighted by atomic mass is 16.5. The van der Waals surface area contributed by atoms with Gasteiger partial charge in [0.1, 0.15) is 5.75 Å². The fraction of sp³-hybridized carbons (Fsp3) is 0.632. The number of rotatable bonds is 4. The summed E-state index contributed by atoms with van der Waals surface area (Å²) >= 11 is 0. The minimum Gasteiger partial charge on any atom is -0.496 e. The van der Waals surface area contributed by atoms with E-state index in [2.05, 4.69) is 16.7 Å². The molecule has 5 heteroatoms. The highest BCUT2D eigenvalue weighted by Gasteiger charge is 2.47. The summed E-state index contributed by atoms with van der Waals surface area (Å²) in [4.78, 5) is 12.5. The van der Waals surface area contributed by atoms with Crippen molar-refractivity contribution in [2.75, 3.05) is 13.7 Å². The van der Waals surface area contributed by atoms with E-state index in [0.29, 0.717) is 11.8 Å². The van der Waals surface area contributed by atoms with Crippen molar-refractivity contribution in [3.63, 3.8) is 0 Å². The van der Waals surface area contributed by atoms with E-state index < -0.39 is 0 Å². The Morgan fingerprint density at radius 1 is 1.25 bits per heavy atom. The van der Waals surface area contributed by atoms with Crippen molar-refractivity contribution in [2.24, 2.45) is 17.8 Å². The quantitative estimate of drug-likeness (QED) is 0.794. The van der Waals surface area contributed by atoms with Crippen molar-refractivity contribution >= 4 is 6.03 Å². The first-order valence-corrected chi connectivity index (χ1v) is 9.05. The van der Waals surface area contributed by atoms with Crippen LogP contribution < -0.4 is 15.4 Å². The maximum absolute atomic E-state index is 12.5. The van der Waals surface area contributed by atoms with Gasteiger partial charge in [0.05, 0.1) is 13.2 Å². The zero-order chi connectivity index (χ0) is 16.7. The summed E-state index contributed by atoms with van der Waals surface area (Å²) in [6.45, 7) is 0.176. The second kappa shape index (κ2) is 6.28. The van der Waals surface area contributed by atoms with Crippen LogP contribution in [-0.2, 0) is 6.42 Å². The third-order valence-corrected chi connectivity index (χ3v) is 6.35. The minimum absolute atomic E-state index is 0.0428. The number of urea groups is 1. The summed E-state index contributed by atoms with van der Waals surface area (Å²) in [5, 5.41) is 15.9. The van der Waals surface area contributed by atoms with Gasteiger partial charge in [-0.15, -0.1) is 0 Å². The van der Waals surface area contributed by atoms with E-state index >= 15 is 0 Å². The van der Waals surface area contributed by atoms with Crippen LogP contribution in [0.25, 0.3) is 0 Å². The summed E-state index contributed by atoms with van der Waals surface area (Å²) in [7, 11) is 1.69. The van der Waals surface area contributed by atoms with Gasteiger partial charge in [-0.2, -0.15) is 0 Å². The monoisotopic (exact) mass is 330 g/mol. The van der Waals surface area contributed by atoms with Crippen LogP contribution in [0.5, 0.6) is 5.75 Å². The highest BCUT2D eigenvalue weighted by Crippen LogP contribution is 2.48. The first-order chi connectivity index (χ1) is 11.7. The van der Waals surface area contributed by atoms with E-state index in [1.165, 1.54) is 18.4 Å². The SMILES string of the molecule is COc1cccc2c1CCC2NC(=O)NC1C2CCC(C2)C1CO. The molecule has 0 aliphatic heterocycles. The molecule has 0 aromatic heterocycles. The fourth-order valence-corrected chi connectivity index (χ4v) is 5.21. The van der Waals surface area contributed by atoms with Crippen LogP contribution in [0.15, 0.2) is 18.2 Å². The predicted molar refractivity (Wildman–Crippen MR) is 90.9 cm³/mol. The molecule has 0 spiro atoms. The molecule has 2 amide bonds. The Morgan fingerprint density at radius 3 is 2.88 bits per heavy atom. The molecule has 3 aliphatic carbocycles. The Labute approximate surface area is 142 Å². The van der Waals surface area contributed by atoms with E-state index in [0.717, 1.165) is 30.6 Å². The van der Waals surface area contributed by atoms with Gasteiger partial charge in [0.25, 0.3) is 0 Å². The van der Waals surface area contributed by atoms with Crippen LogP contribution in [0.1, 0.15) is 42.9 Å². The lowest BCUT2D eigenvalue weighted by Gasteiger charge is -2.31. The molecule has 1 aromatic rings. The summed E-state index contributed by atoms with van der Waals surface area (Å²) in [5.74, 6) is 2.26. The lowest BCUT2D eigenvalue weighted by Crippen LogP contribution is -2.49. The Morgan fingerprint density at radius 2 is 2.08 bits per heavy atom. The van der Waals surface area contributed by atoms with Crippen LogP contribution in [-0.4, -0.2) is 30.9 Å². The van der Waals surface area contributed by atoms with E-state index in [9.17, 15) is 9.90 Å². The fourth-order valence-electron chi connectivity index (χ4n) is 5.21. The van der Waals surface area contributed by atoms with Gasteiger partial charge in [0, 0.05) is 18.6 Å². The van der Waals surface area contributed by atoms with Crippen LogP contribution in [0.2, 0.25) is 0 Å². The molecule has 24 heavy (non-hydrogen) atoms. The van der Waals surface area contributed by atoms with Gasteiger partial charge in [0.15, 0.2) is 0 Å². The second-order valence-electron chi connectivity index (χ2n) is 7.44. The van der Waals surface area contributed by atoms with Gasteiger partial charge in [-0.05, 0) is 61.1 Å². The van der Waals surface area contributed by atoms with Crippen molar-refractivity contribution < 1.29 is 14.6 Å². The Hall–Kier alpha value is -1.75. The molecule has 1 aromatic carbocycles. The lowest BCUT2D eigenvalue weighted by molar-refractivity contribution is 0.144. The molecule has 0 heterocycles. The molecule has 2 saturated carbocycles. The van der Waals surface area contributed by atoms with Gasteiger partial charge >= 0.3 is 6.03 Å². The van der Waals surface area contributed by atoms with E-state index in [4.69, 9.17) is 4.74 Å². The number of methoxy groups -OCH3 is 1. The highest BCUT2D eigenvalue weighted by molar-refractivity contribution is 5.75. The summed E-state index contributed by atoms with van der Waals surface area (Å²) < 4.78 is 5.42. The van der Waals surface area contributed by atoms with Gasteiger partial charge in [-0.3, -0.25) is 0 Å². The number of aliphatic hydroxyl groups excluding tert-OH is 1. The molecular weight excluding hydrogens is 304 g/mol. The Balaban J connectivity index is 1.42. The van der Waals surface area contributed by atoms with Crippen molar-refractivity contribution in [2.45, 2.75) is 44.2 Å². The van der Waals surface area contributed by atoms with Gasteiger partial charge < -0.3 is 20.5 Å². The number of aliphatic hydroxyl groups is 1. The van der Waals surface area contributed by atoms with E-state index in [-0.39, 0.29) is 30.6 Å². The molecule has 5 nitrogen and oxygen atoms in total. The Kier molecular flexibility index (Phi) is 4.12. The predicted octanol–water partition coefficient (Wildman–Crippen LogP) is 2.39. The molecule has 5 unspecified atom stereocenters. The molecule has 0 saturated heterocycles. The van der Waals surface area contributed by atoms with Crippen LogP contribution in [0.4, 0.5) is 4.79 Å². The number of carbonyl (C=O) groups is 1. The van der Waals surface area contributed by atoms with Gasteiger partial charge in [-0.1, -0.05) is 12.1 Å². The first kappa shape index (κ1) is 15.8. The van der Waals surface area contributed by atoms with Crippen LogP contribution in [0.3, 0.4) is 0 Å². The molecule has 2 fully saturated rings. The largest absolute Gasteiger partial charge is 0.496 e. The van der Waals surface area contributed by atoms with E-state index in [1.54, 1.807) is 7.11 Å². The third kappa shape index (κ3) is 2.55. The van der Waals surface area contributed by atoms with Gasteiger partial charge in [-0.25, -0.2) is 4.79 Å². The zero-order valence-electron chi connectivity index (χ0n) is 14.1. The molecule has 3 N–H and O–H groups in total. The van der Waals surface area contributed by atoms with Crippen LogP contribution >= 0.6 is 0 Å². The number of nitrogens with one attached hydrogen (secondary N) is 2. The molecule has 5 atom stereocenters. The van der Waals surface area contributed by atoms with Crippen molar-refractivity contribution in [1.29, 1.82) is 0 Å². The van der Waals surface area contributed by atoms with Crippen LogP contribution in [0, 0.1) is 17.8 Å². The maximum atomic E-state index is 12.5. The summed E-state index contributed by atoms with van der Waals surface area (Å²) in [6.07, 6.45) is 5.36. The maximum Gasteiger partial charge on any atom is 0.315 e. The number of hydrogen-bond acceptors (Lipinski definition) is 3. The molecule has 4 rings (SSSR count). The number of fused-ring (bicyclic) bond motifs is 3. The first-order valence-electron chi connectivity index (χ1n) is 9.05. The average molecular weight is 330 g/mol. The number of hydrogen-bond donors (Lipinski definition) is 3. The van der Waals surface area contributed by atoms with Crippen molar-refractivity contribution in [3.8, 4) is 5.75 Å². The third-order valence-electron chi connectivity index (χ3n) is 6.35. The topological polar surface area (TPSA) is 70.6 Å². The second-order valence-corrected chi connectivity index (χ2v) is 7.44. The molecule has 3 aliphatic rings.